The van der Waals surface area contributed by atoms with E-state index in [1.807, 2.05) is 41.3 Å². The van der Waals surface area contributed by atoms with Crippen molar-refractivity contribution in [2.75, 3.05) is 26.2 Å². The Hall–Kier alpha value is -3.12. The lowest BCUT2D eigenvalue weighted by molar-refractivity contribution is -0.137. The van der Waals surface area contributed by atoms with Crippen molar-refractivity contribution in [3.8, 4) is 11.1 Å². The average molecular weight is 581 g/mol. The zero-order chi connectivity index (χ0) is 30.4. The highest BCUT2D eigenvalue weighted by molar-refractivity contribution is 5.94. The molecule has 0 aromatic heterocycles. The Bertz CT molecular complexity index is 1200. The Labute approximate surface area is 250 Å². The van der Waals surface area contributed by atoms with Crippen LogP contribution in [0, 0.1) is 0 Å². The van der Waals surface area contributed by atoms with E-state index in [-0.39, 0.29) is 5.91 Å². The smallest absolute Gasteiger partial charge is 0.333 e. The minimum absolute atomic E-state index is 0.00277. The van der Waals surface area contributed by atoms with Gasteiger partial charge >= 0.3 is 6.18 Å². The number of benzene rings is 3. The van der Waals surface area contributed by atoms with Crippen LogP contribution in [-0.2, 0) is 19.1 Å². The van der Waals surface area contributed by atoms with E-state index >= 15 is 0 Å². The van der Waals surface area contributed by atoms with E-state index in [4.69, 9.17) is 0 Å². The summed E-state index contributed by atoms with van der Waals surface area (Å²) in [5.74, 6) is 0.00277. The minimum atomic E-state index is -4.38. The maximum Gasteiger partial charge on any atom is 0.416 e. The van der Waals surface area contributed by atoms with Gasteiger partial charge in [0.15, 0.2) is 0 Å². The summed E-state index contributed by atoms with van der Waals surface area (Å²) in [6.07, 6.45) is 4.70. The Morgan fingerprint density at radius 3 is 1.88 bits per heavy atom. The molecule has 0 radical (unpaired) electrons. The van der Waals surface area contributed by atoms with Crippen LogP contribution in [0.4, 0.5) is 13.2 Å². The number of carbonyl (C=O) groups is 1. The standard InChI is InChI=1S/C36H47F3N2O/c1-4-7-10-12-29-15-21-32(22-16-29)35(42)41(26-25-40(23-8-5-2)24-9-6-3)28-30-17-19-31(20-18-30)33-13-11-14-34(27-33)36(37,38)39/h11,13-22,27H,4-10,12,23-26,28H2,1-3H3. The van der Waals surface area contributed by atoms with E-state index in [1.165, 1.54) is 30.5 Å². The van der Waals surface area contributed by atoms with Crippen LogP contribution in [0.15, 0.2) is 72.8 Å². The number of unbranched alkanes of at least 4 members (excludes halogenated alkanes) is 4. The summed E-state index contributed by atoms with van der Waals surface area (Å²) >= 11 is 0. The fraction of sp³-hybridized carbons (Fsp3) is 0.472. The predicted molar refractivity (Wildman–Crippen MR) is 168 cm³/mol. The van der Waals surface area contributed by atoms with Crippen molar-refractivity contribution in [2.24, 2.45) is 0 Å². The third kappa shape index (κ3) is 10.6. The van der Waals surface area contributed by atoms with Gasteiger partial charge in [-0.1, -0.05) is 95.0 Å². The molecule has 6 heteroatoms. The van der Waals surface area contributed by atoms with Crippen molar-refractivity contribution in [3.05, 3.63) is 95.1 Å². The quantitative estimate of drug-likeness (QED) is 0.148. The van der Waals surface area contributed by atoms with Crippen molar-refractivity contribution in [1.82, 2.24) is 9.80 Å². The first kappa shape index (κ1) is 33.4. The largest absolute Gasteiger partial charge is 0.416 e. The molecule has 0 saturated carbocycles. The SMILES string of the molecule is CCCCCc1ccc(C(=O)N(CCN(CCCC)CCCC)Cc2ccc(-c3cccc(C(F)(F)F)c3)cc2)cc1. The molecule has 0 fully saturated rings. The molecule has 0 saturated heterocycles. The van der Waals surface area contributed by atoms with Crippen molar-refractivity contribution in [3.63, 3.8) is 0 Å². The molecule has 0 aliphatic heterocycles. The normalized spacial score (nSPS) is 11.7. The highest BCUT2D eigenvalue weighted by Crippen LogP contribution is 2.32. The minimum Gasteiger partial charge on any atom is -0.333 e. The lowest BCUT2D eigenvalue weighted by Crippen LogP contribution is -2.39. The molecule has 0 spiro atoms. The lowest BCUT2D eigenvalue weighted by atomic mass is 10.0. The van der Waals surface area contributed by atoms with E-state index in [2.05, 4.69) is 37.8 Å². The summed E-state index contributed by atoms with van der Waals surface area (Å²) < 4.78 is 39.7. The fourth-order valence-electron chi connectivity index (χ4n) is 5.09. The van der Waals surface area contributed by atoms with Gasteiger partial charge in [0, 0.05) is 25.2 Å². The van der Waals surface area contributed by atoms with E-state index in [0.717, 1.165) is 69.8 Å². The highest BCUT2D eigenvalue weighted by atomic mass is 19.4. The van der Waals surface area contributed by atoms with Gasteiger partial charge in [-0.3, -0.25) is 4.79 Å². The van der Waals surface area contributed by atoms with Crippen molar-refractivity contribution < 1.29 is 18.0 Å². The van der Waals surface area contributed by atoms with Crippen LogP contribution >= 0.6 is 0 Å². The second-order valence-corrected chi connectivity index (χ2v) is 11.2. The van der Waals surface area contributed by atoms with E-state index in [0.29, 0.717) is 29.8 Å². The topological polar surface area (TPSA) is 23.6 Å². The molecule has 3 nitrogen and oxygen atoms in total. The van der Waals surface area contributed by atoms with Crippen LogP contribution in [0.25, 0.3) is 11.1 Å². The van der Waals surface area contributed by atoms with Crippen LogP contribution in [0.2, 0.25) is 0 Å². The van der Waals surface area contributed by atoms with Crippen LogP contribution in [0.5, 0.6) is 0 Å². The third-order valence-electron chi connectivity index (χ3n) is 7.75. The first-order valence-electron chi connectivity index (χ1n) is 15.6. The molecular formula is C36H47F3N2O. The average Bonchev–Trinajstić information content (AvgIpc) is 3.00. The second kappa shape index (κ2) is 17.1. The summed E-state index contributed by atoms with van der Waals surface area (Å²) in [5.41, 5.74) is 3.46. The zero-order valence-electron chi connectivity index (χ0n) is 25.6. The third-order valence-corrected chi connectivity index (χ3v) is 7.75. The van der Waals surface area contributed by atoms with E-state index in [9.17, 15) is 18.0 Å². The van der Waals surface area contributed by atoms with E-state index in [1.54, 1.807) is 6.07 Å². The Morgan fingerprint density at radius 2 is 1.29 bits per heavy atom. The molecule has 3 rings (SSSR count). The molecule has 1 amide bonds. The molecule has 0 atom stereocenters. The first-order valence-corrected chi connectivity index (χ1v) is 15.6. The number of carbonyl (C=O) groups excluding carboxylic acids is 1. The molecular weight excluding hydrogens is 533 g/mol. The number of hydrogen-bond donors (Lipinski definition) is 0. The second-order valence-electron chi connectivity index (χ2n) is 11.2. The molecule has 0 bridgehead atoms. The zero-order valence-corrected chi connectivity index (χ0v) is 25.6. The molecule has 0 aliphatic carbocycles. The molecule has 228 valence electrons. The maximum atomic E-state index is 13.8. The molecule has 3 aromatic carbocycles. The van der Waals surface area contributed by atoms with Gasteiger partial charge in [-0.25, -0.2) is 0 Å². The van der Waals surface area contributed by atoms with Gasteiger partial charge in [0.25, 0.3) is 5.91 Å². The number of aryl methyl sites for hydroxylation is 1. The molecule has 0 unspecified atom stereocenters. The summed E-state index contributed by atoms with van der Waals surface area (Å²) in [6, 6.07) is 20.9. The van der Waals surface area contributed by atoms with Gasteiger partial charge in [-0.2, -0.15) is 13.2 Å². The van der Waals surface area contributed by atoms with Gasteiger partial charge in [0.05, 0.1) is 5.56 Å². The number of hydrogen-bond acceptors (Lipinski definition) is 2. The van der Waals surface area contributed by atoms with Crippen LogP contribution in [0.3, 0.4) is 0 Å². The van der Waals surface area contributed by atoms with Gasteiger partial charge in [-0.15, -0.1) is 0 Å². The van der Waals surface area contributed by atoms with Gasteiger partial charge in [0.1, 0.15) is 0 Å². The fourth-order valence-corrected chi connectivity index (χ4v) is 5.09. The molecule has 3 aromatic rings. The number of alkyl halides is 3. The monoisotopic (exact) mass is 580 g/mol. The van der Waals surface area contributed by atoms with Gasteiger partial charge in [-0.05, 0) is 85.3 Å². The van der Waals surface area contributed by atoms with Gasteiger partial charge in [0.2, 0.25) is 0 Å². The molecule has 0 heterocycles. The van der Waals surface area contributed by atoms with Gasteiger partial charge < -0.3 is 9.80 Å². The van der Waals surface area contributed by atoms with Crippen molar-refractivity contribution in [1.29, 1.82) is 0 Å². The summed E-state index contributed by atoms with van der Waals surface area (Å²) in [4.78, 5) is 18.2. The number of amides is 1. The van der Waals surface area contributed by atoms with Crippen LogP contribution in [-0.4, -0.2) is 41.9 Å². The maximum absolute atomic E-state index is 13.8. The highest BCUT2D eigenvalue weighted by Gasteiger charge is 2.30. The summed E-state index contributed by atoms with van der Waals surface area (Å²) in [5, 5.41) is 0. The summed E-state index contributed by atoms with van der Waals surface area (Å²) in [7, 11) is 0. The Morgan fingerprint density at radius 1 is 0.667 bits per heavy atom. The van der Waals surface area contributed by atoms with Crippen LogP contribution < -0.4 is 0 Å². The number of halogens is 3. The number of nitrogens with zero attached hydrogens (tertiary/aromatic N) is 2. The molecule has 0 N–H and O–H groups in total. The summed E-state index contributed by atoms with van der Waals surface area (Å²) in [6.45, 7) is 10.5. The number of rotatable bonds is 17. The van der Waals surface area contributed by atoms with E-state index < -0.39 is 11.7 Å². The van der Waals surface area contributed by atoms with Crippen molar-refractivity contribution in [2.45, 2.75) is 84.9 Å². The molecule has 42 heavy (non-hydrogen) atoms. The van der Waals surface area contributed by atoms with Crippen molar-refractivity contribution >= 4 is 5.91 Å². The molecule has 0 aliphatic rings. The Balaban J connectivity index is 1.78. The Kier molecular flexibility index (Phi) is 13.6. The first-order chi connectivity index (χ1) is 20.2. The van der Waals surface area contributed by atoms with Crippen LogP contribution in [0.1, 0.15) is 92.8 Å². The lowest BCUT2D eigenvalue weighted by Gasteiger charge is -2.28. The predicted octanol–water partition coefficient (Wildman–Crippen LogP) is 9.65.